The van der Waals surface area contributed by atoms with Crippen LogP contribution >= 0.6 is 11.3 Å². The Bertz CT molecular complexity index is 1570. The summed E-state index contributed by atoms with van der Waals surface area (Å²) in [7, 11) is 0. The third-order valence-electron chi connectivity index (χ3n) is 5.74. The first-order valence-corrected chi connectivity index (χ1v) is 12.6. The van der Waals surface area contributed by atoms with Crippen molar-refractivity contribution in [2.75, 3.05) is 18.5 Å². The predicted octanol–water partition coefficient (Wildman–Crippen LogP) is 4.37. The summed E-state index contributed by atoms with van der Waals surface area (Å²) in [5.41, 5.74) is 0.767. The molecule has 0 bridgehead atoms. The van der Waals surface area contributed by atoms with Gasteiger partial charge in [-0.15, -0.1) is 11.3 Å². The van der Waals surface area contributed by atoms with Gasteiger partial charge in [0.15, 0.2) is 6.61 Å². The molecule has 3 aromatic heterocycles. The largest absolute Gasteiger partial charge is 0.467 e. The van der Waals surface area contributed by atoms with Crippen molar-refractivity contribution in [2.24, 2.45) is 0 Å². The van der Waals surface area contributed by atoms with Gasteiger partial charge in [-0.05, 0) is 49.4 Å². The number of furan rings is 2. The average Bonchev–Trinajstić information content (AvgIpc) is 3.73. The quantitative estimate of drug-likeness (QED) is 0.238. The molecule has 12 heteroatoms. The summed E-state index contributed by atoms with van der Waals surface area (Å²) in [4.78, 5) is 64.3. The highest BCUT2D eigenvalue weighted by Crippen LogP contribution is 2.36. The summed E-state index contributed by atoms with van der Waals surface area (Å²) < 4.78 is 20.8. The summed E-state index contributed by atoms with van der Waals surface area (Å²) in [5, 5.41) is 4.42. The molecule has 11 nitrogen and oxygen atoms in total. The van der Waals surface area contributed by atoms with Crippen LogP contribution in [0.2, 0.25) is 0 Å². The number of hydrogen-bond donors (Lipinski definition) is 1. The SMILES string of the molecule is CCOC(=O)c1c(-c2ccco2)csc1NC(=O)COC(=O)c1ccc2c(c1)C(=O)N(Cc1ccco1)C2=O. The number of carbonyl (C=O) groups excluding carboxylic acids is 5. The molecule has 4 aromatic rings. The lowest BCUT2D eigenvalue weighted by Crippen LogP contribution is -2.28. The number of nitrogens with zero attached hydrogens (tertiary/aromatic N) is 1. The number of ether oxygens (including phenoxy) is 2. The second-order valence-electron chi connectivity index (χ2n) is 8.21. The summed E-state index contributed by atoms with van der Waals surface area (Å²) in [6.45, 7) is 1.08. The fourth-order valence-corrected chi connectivity index (χ4v) is 4.92. The molecule has 39 heavy (non-hydrogen) atoms. The van der Waals surface area contributed by atoms with E-state index >= 15 is 0 Å². The lowest BCUT2D eigenvalue weighted by molar-refractivity contribution is -0.119. The van der Waals surface area contributed by atoms with Crippen LogP contribution in [0.3, 0.4) is 0 Å². The van der Waals surface area contributed by atoms with Gasteiger partial charge in [0.25, 0.3) is 17.7 Å². The normalized spacial score (nSPS) is 12.4. The van der Waals surface area contributed by atoms with Gasteiger partial charge in [-0.2, -0.15) is 0 Å². The molecule has 0 saturated heterocycles. The van der Waals surface area contributed by atoms with E-state index in [0.29, 0.717) is 17.1 Å². The first-order chi connectivity index (χ1) is 18.9. The van der Waals surface area contributed by atoms with Crippen molar-refractivity contribution in [1.29, 1.82) is 0 Å². The van der Waals surface area contributed by atoms with Gasteiger partial charge in [-0.25, -0.2) is 9.59 Å². The van der Waals surface area contributed by atoms with Crippen LogP contribution in [-0.2, 0) is 20.8 Å². The molecular weight excluding hydrogens is 528 g/mol. The van der Waals surface area contributed by atoms with Crippen LogP contribution in [0.25, 0.3) is 11.3 Å². The van der Waals surface area contributed by atoms with Crippen molar-refractivity contribution >= 4 is 46.0 Å². The second-order valence-corrected chi connectivity index (χ2v) is 9.09. The van der Waals surface area contributed by atoms with Crippen LogP contribution < -0.4 is 5.32 Å². The molecule has 1 aromatic carbocycles. The lowest BCUT2D eigenvalue weighted by Gasteiger charge is -2.11. The smallest absolute Gasteiger partial charge is 0.341 e. The molecule has 4 heterocycles. The fraction of sp³-hybridized carbons (Fsp3) is 0.148. The highest BCUT2D eigenvalue weighted by molar-refractivity contribution is 7.15. The van der Waals surface area contributed by atoms with Gasteiger partial charge in [-0.1, -0.05) is 0 Å². The van der Waals surface area contributed by atoms with Crippen molar-refractivity contribution < 1.29 is 42.3 Å². The summed E-state index contributed by atoms with van der Waals surface area (Å²) >= 11 is 1.09. The molecule has 198 valence electrons. The standard InChI is InChI=1S/C27H20N2O9S/c1-2-35-27(34)22-19(20-6-4-10-37-20)14-39-23(22)28-21(30)13-38-26(33)15-7-8-17-18(11-15)25(32)29(24(17)31)12-16-5-3-9-36-16/h3-11,14H,2,12-13H2,1H3,(H,28,30). The zero-order chi connectivity index (χ0) is 27.5. The Morgan fingerprint density at radius 3 is 2.41 bits per heavy atom. The van der Waals surface area contributed by atoms with Gasteiger partial charge in [0.05, 0.1) is 42.4 Å². The maximum atomic E-state index is 12.8. The number of thiophene rings is 1. The van der Waals surface area contributed by atoms with Crippen LogP contribution in [0.1, 0.15) is 54.1 Å². The van der Waals surface area contributed by atoms with Crippen LogP contribution in [0.4, 0.5) is 5.00 Å². The van der Waals surface area contributed by atoms with Crippen molar-refractivity contribution in [3.63, 3.8) is 0 Å². The topological polar surface area (TPSA) is 145 Å². The number of anilines is 1. The van der Waals surface area contributed by atoms with E-state index in [1.165, 1.54) is 30.7 Å². The zero-order valence-electron chi connectivity index (χ0n) is 20.4. The Hall–Kier alpha value is -4.97. The first kappa shape index (κ1) is 25.7. The Balaban J connectivity index is 1.25. The van der Waals surface area contributed by atoms with Gasteiger partial charge < -0.3 is 23.6 Å². The molecular formula is C27H20N2O9S. The molecule has 3 amide bonds. The molecule has 0 atom stereocenters. The maximum absolute atomic E-state index is 12.8. The van der Waals surface area contributed by atoms with Crippen LogP contribution in [-0.4, -0.2) is 47.8 Å². The van der Waals surface area contributed by atoms with Crippen LogP contribution in [0, 0.1) is 0 Å². The van der Waals surface area contributed by atoms with Gasteiger partial charge in [0.2, 0.25) is 0 Å². The third-order valence-corrected chi connectivity index (χ3v) is 6.64. The Morgan fingerprint density at radius 1 is 0.923 bits per heavy atom. The number of fused-ring (bicyclic) bond motifs is 1. The number of hydrogen-bond acceptors (Lipinski definition) is 10. The molecule has 0 spiro atoms. The average molecular weight is 549 g/mol. The summed E-state index contributed by atoms with van der Waals surface area (Å²) in [6, 6.07) is 10.6. The zero-order valence-corrected chi connectivity index (χ0v) is 21.2. The monoisotopic (exact) mass is 548 g/mol. The molecule has 0 unspecified atom stereocenters. The second kappa shape index (κ2) is 10.8. The van der Waals surface area contributed by atoms with Crippen LogP contribution in [0.15, 0.2) is 69.2 Å². The first-order valence-electron chi connectivity index (χ1n) is 11.7. The van der Waals surface area contributed by atoms with E-state index in [9.17, 15) is 24.0 Å². The molecule has 0 aliphatic carbocycles. The number of rotatable bonds is 9. The van der Waals surface area contributed by atoms with E-state index < -0.39 is 36.3 Å². The number of esters is 2. The van der Waals surface area contributed by atoms with E-state index in [2.05, 4.69) is 5.32 Å². The van der Waals surface area contributed by atoms with E-state index in [4.69, 9.17) is 18.3 Å². The Kier molecular flexibility index (Phi) is 7.10. The van der Waals surface area contributed by atoms with E-state index in [1.807, 2.05) is 0 Å². The minimum Gasteiger partial charge on any atom is -0.467 e. The number of nitrogens with one attached hydrogen (secondary N) is 1. The van der Waals surface area contributed by atoms with E-state index in [0.717, 1.165) is 16.2 Å². The highest BCUT2D eigenvalue weighted by atomic mass is 32.1. The number of imide groups is 1. The molecule has 5 rings (SSSR count). The molecule has 0 radical (unpaired) electrons. The van der Waals surface area contributed by atoms with E-state index in [1.54, 1.807) is 36.6 Å². The number of amides is 3. The van der Waals surface area contributed by atoms with Gasteiger partial charge in [0.1, 0.15) is 22.1 Å². The van der Waals surface area contributed by atoms with E-state index in [-0.39, 0.29) is 40.4 Å². The molecule has 0 saturated carbocycles. The summed E-state index contributed by atoms with van der Waals surface area (Å²) in [5.74, 6) is -2.43. The third kappa shape index (κ3) is 5.09. The van der Waals surface area contributed by atoms with Gasteiger partial charge >= 0.3 is 11.9 Å². The van der Waals surface area contributed by atoms with Gasteiger partial charge in [0, 0.05) is 10.9 Å². The van der Waals surface area contributed by atoms with Crippen molar-refractivity contribution in [2.45, 2.75) is 13.5 Å². The fourth-order valence-electron chi connectivity index (χ4n) is 3.97. The van der Waals surface area contributed by atoms with Crippen LogP contribution in [0.5, 0.6) is 0 Å². The molecule has 0 fully saturated rings. The highest BCUT2D eigenvalue weighted by Gasteiger charge is 2.36. The Morgan fingerprint density at radius 2 is 1.69 bits per heavy atom. The number of benzene rings is 1. The lowest BCUT2D eigenvalue weighted by atomic mass is 10.1. The minimum atomic E-state index is -0.870. The summed E-state index contributed by atoms with van der Waals surface area (Å²) in [6.07, 6.45) is 2.89. The van der Waals surface area contributed by atoms with Crippen molar-refractivity contribution in [3.05, 3.63) is 88.4 Å². The number of carbonyl (C=O) groups is 5. The molecule has 1 aliphatic heterocycles. The van der Waals surface area contributed by atoms with Crippen molar-refractivity contribution in [1.82, 2.24) is 4.90 Å². The van der Waals surface area contributed by atoms with Gasteiger partial charge in [-0.3, -0.25) is 19.3 Å². The Labute approximate surface area is 224 Å². The predicted molar refractivity (Wildman–Crippen MR) is 136 cm³/mol. The van der Waals surface area contributed by atoms with Crippen molar-refractivity contribution in [3.8, 4) is 11.3 Å². The molecule has 1 aliphatic rings. The minimum absolute atomic E-state index is 0.00834. The molecule has 1 N–H and O–H groups in total. The maximum Gasteiger partial charge on any atom is 0.341 e.